The van der Waals surface area contributed by atoms with Crippen molar-refractivity contribution in [1.29, 1.82) is 0 Å². The summed E-state index contributed by atoms with van der Waals surface area (Å²) in [4.78, 5) is 29.2. The Kier molecular flexibility index (Phi) is 5.98. The molecule has 3 rings (SSSR count). The van der Waals surface area contributed by atoms with Gasteiger partial charge in [-0.2, -0.15) is 0 Å². The number of hydrogen-bond acceptors (Lipinski definition) is 5. The van der Waals surface area contributed by atoms with Crippen LogP contribution in [-0.2, 0) is 4.79 Å². The van der Waals surface area contributed by atoms with E-state index in [2.05, 4.69) is 15.6 Å². The maximum Gasteiger partial charge on any atom is 0.257 e. The Hall–Kier alpha value is -3.19. The molecule has 0 saturated heterocycles. The van der Waals surface area contributed by atoms with E-state index in [1.807, 2.05) is 50.4 Å². The van der Waals surface area contributed by atoms with Gasteiger partial charge in [-0.3, -0.25) is 14.9 Å². The second kappa shape index (κ2) is 8.45. The number of hydrogen-bond donors (Lipinski definition) is 2. The van der Waals surface area contributed by atoms with Crippen LogP contribution in [0.25, 0.3) is 11.3 Å². The summed E-state index contributed by atoms with van der Waals surface area (Å²) in [7, 11) is 1.62. The van der Waals surface area contributed by atoms with E-state index in [1.54, 1.807) is 31.4 Å². The Morgan fingerprint density at radius 1 is 1.03 bits per heavy atom. The Morgan fingerprint density at radius 2 is 1.76 bits per heavy atom. The first-order valence-corrected chi connectivity index (χ1v) is 9.97. The highest BCUT2D eigenvalue weighted by molar-refractivity contribution is 7.14. The molecule has 0 unspecified atom stereocenters. The minimum Gasteiger partial charge on any atom is -0.497 e. The van der Waals surface area contributed by atoms with Crippen molar-refractivity contribution in [2.45, 2.75) is 20.8 Å². The largest absolute Gasteiger partial charge is 0.497 e. The molecule has 0 bridgehead atoms. The molecular weight excluding hydrogens is 386 g/mol. The number of carbonyl (C=O) groups is 2. The highest BCUT2D eigenvalue weighted by Crippen LogP contribution is 2.27. The van der Waals surface area contributed by atoms with Crippen LogP contribution in [0.15, 0.2) is 53.9 Å². The number of methoxy groups -OCH3 is 1. The maximum atomic E-state index is 12.6. The second-order valence-corrected chi connectivity index (χ2v) is 8.36. The van der Waals surface area contributed by atoms with Crippen LogP contribution in [0.1, 0.15) is 31.1 Å². The Bertz CT molecular complexity index is 1020. The number of rotatable bonds is 5. The van der Waals surface area contributed by atoms with Gasteiger partial charge >= 0.3 is 0 Å². The molecule has 6 nitrogen and oxygen atoms in total. The Balaban J connectivity index is 1.70. The third kappa shape index (κ3) is 5.20. The third-order valence-corrected chi connectivity index (χ3v) is 4.93. The normalized spacial score (nSPS) is 11.0. The molecule has 150 valence electrons. The van der Waals surface area contributed by atoms with Gasteiger partial charge in [-0.25, -0.2) is 4.98 Å². The number of carbonyl (C=O) groups excluding carboxylic acids is 2. The summed E-state index contributed by atoms with van der Waals surface area (Å²) in [6.45, 7) is 5.51. The standard InChI is InChI=1S/C22H23N3O3S/c1-22(2,3)20(27)23-16-7-5-6-15(12-16)19(26)25-21-24-18(13-29-21)14-8-10-17(28-4)11-9-14/h5-13H,1-4H3,(H,23,27)(H,24,25,26). The topological polar surface area (TPSA) is 80.3 Å². The fourth-order valence-electron chi connectivity index (χ4n) is 2.45. The van der Waals surface area contributed by atoms with E-state index in [1.165, 1.54) is 11.3 Å². The van der Waals surface area contributed by atoms with Crippen molar-refractivity contribution in [1.82, 2.24) is 4.98 Å². The zero-order valence-corrected chi connectivity index (χ0v) is 17.6. The SMILES string of the molecule is COc1ccc(-c2csc(NC(=O)c3cccc(NC(=O)C(C)(C)C)c3)n2)cc1. The lowest BCUT2D eigenvalue weighted by Gasteiger charge is -2.17. The fourth-order valence-corrected chi connectivity index (χ4v) is 3.17. The van der Waals surface area contributed by atoms with Gasteiger partial charge in [0.15, 0.2) is 5.13 Å². The molecule has 0 aliphatic rings. The van der Waals surface area contributed by atoms with Crippen LogP contribution < -0.4 is 15.4 Å². The van der Waals surface area contributed by atoms with E-state index in [0.29, 0.717) is 16.4 Å². The van der Waals surface area contributed by atoms with E-state index in [9.17, 15) is 9.59 Å². The van der Waals surface area contributed by atoms with Crippen molar-refractivity contribution in [3.8, 4) is 17.0 Å². The molecule has 0 aliphatic carbocycles. The summed E-state index contributed by atoms with van der Waals surface area (Å²) < 4.78 is 5.16. The summed E-state index contributed by atoms with van der Waals surface area (Å²) in [5.74, 6) is 0.377. The number of nitrogens with one attached hydrogen (secondary N) is 2. The van der Waals surface area contributed by atoms with Crippen molar-refractivity contribution < 1.29 is 14.3 Å². The number of nitrogens with zero attached hydrogens (tertiary/aromatic N) is 1. The fraction of sp³-hybridized carbons (Fsp3) is 0.227. The lowest BCUT2D eigenvalue weighted by Crippen LogP contribution is -2.27. The molecule has 0 radical (unpaired) electrons. The molecule has 0 fully saturated rings. The average molecular weight is 410 g/mol. The first kappa shape index (κ1) is 20.5. The number of benzene rings is 2. The lowest BCUT2D eigenvalue weighted by molar-refractivity contribution is -0.123. The van der Waals surface area contributed by atoms with Gasteiger partial charge in [-0.15, -0.1) is 11.3 Å². The van der Waals surface area contributed by atoms with Crippen LogP contribution in [0.2, 0.25) is 0 Å². The van der Waals surface area contributed by atoms with E-state index in [-0.39, 0.29) is 11.8 Å². The lowest BCUT2D eigenvalue weighted by atomic mass is 9.95. The van der Waals surface area contributed by atoms with Crippen LogP contribution >= 0.6 is 11.3 Å². The molecule has 1 aromatic heterocycles. The zero-order chi connectivity index (χ0) is 21.0. The minimum atomic E-state index is -0.517. The van der Waals surface area contributed by atoms with Gasteiger partial charge < -0.3 is 10.1 Å². The second-order valence-electron chi connectivity index (χ2n) is 7.51. The molecule has 3 aromatic rings. The summed E-state index contributed by atoms with van der Waals surface area (Å²) in [6.07, 6.45) is 0. The van der Waals surface area contributed by atoms with Gasteiger partial charge in [0.05, 0.1) is 12.8 Å². The highest BCUT2D eigenvalue weighted by atomic mass is 32.1. The molecule has 1 heterocycles. The van der Waals surface area contributed by atoms with Gasteiger partial charge in [0, 0.05) is 27.6 Å². The van der Waals surface area contributed by atoms with Gasteiger partial charge in [-0.1, -0.05) is 26.8 Å². The van der Waals surface area contributed by atoms with E-state index < -0.39 is 5.41 Å². The first-order chi connectivity index (χ1) is 13.8. The van der Waals surface area contributed by atoms with Crippen LogP contribution in [-0.4, -0.2) is 23.9 Å². The summed E-state index contributed by atoms with van der Waals surface area (Å²) in [5, 5.41) is 8.04. The van der Waals surface area contributed by atoms with E-state index in [0.717, 1.165) is 17.0 Å². The van der Waals surface area contributed by atoms with Gasteiger partial charge in [0.2, 0.25) is 5.91 Å². The van der Waals surface area contributed by atoms with Gasteiger partial charge in [0.25, 0.3) is 5.91 Å². The maximum absolute atomic E-state index is 12.6. The van der Waals surface area contributed by atoms with Crippen LogP contribution in [0, 0.1) is 5.41 Å². The molecule has 2 aromatic carbocycles. The Labute approximate surface area is 173 Å². The number of aromatic nitrogens is 1. The predicted octanol–water partition coefficient (Wildman–Crippen LogP) is 5.06. The number of amides is 2. The molecule has 2 N–H and O–H groups in total. The highest BCUT2D eigenvalue weighted by Gasteiger charge is 2.21. The molecule has 2 amide bonds. The average Bonchev–Trinajstić information content (AvgIpc) is 3.16. The Morgan fingerprint density at radius 3 is 2.41 bits per heavy atom. The number of thiazole rings is 1. The van der Waals surface area contributed by atoms with Crippen LogP contribution in [0.3, 0.4) is 0 Å². The molecular formula is C22H23N3O3S. The van der Waals surface area contributed by atoms with E-state index in [4.69, 9.17) is 4.74 Å². The minimum absolute atomic E-state index is 0.112. The van der Waals surface area contributed by atoms with Gasteiger partial charge in [0.1, 0.15) is 5.75 Å². The van der Waals surface area contributed by atoms with Crippen LogP contribution in [0.5, 0.6) is 5.75 Å². The summed E-state index contributed by atoms with van der Waals surface area (Å²) >= 11 is 1.35. The molecule has 0 aliphatic heterocycles. The number of ether oxygens (including phenoxy) is 1. The molecule has 29 heavy (non-hydrogen) atoms. The molecule has 0 spiro atoms. The molecule has 7 heteroatoms. The van der Waals surface area contributed by atoms with Crippen molar-refractivity contribution >= 4 is 34.0 Å². The molecule has 0 saturated carbocycles. The monoisotopic (exact) mass is 409 g/mol. The quantitative estimate of drug-likeness (QED) is 0.617. The van der Waals surface area contributed by atoms with Gasteiger partial charge in [-0.05, 0) is 42.5 Å². The third-order valence-electron chi connectivity index (χ3n) is 4.17. The molecule has 0 atom stereocenters. The van der Waals surface area contributed by atoms with Crippen LogP contribution in [0.4, 0.5) is 10.8 Å². The van der Waals surface area contributed by atoms with E-state index >= 15 is 0 Å². The van der Waals surface area contributed by atoms with Crippen molar-refractivity contribution in [2.24, 2.45) is 5.41 Å². The number of anilines is 2. The zero-order valence-electron chi connectivity index (χ0n) is 16.8. The predicted molar refractivity (Wildman–Crippen MR) is 117 cm³/mol. The van der Waals surface area contributed by atoms with Crippen molar-refractivity contribution in [3.63, 3.8) is 0 Å². The summed E-state index contributed by atoms with van der Waals surface area (Å²) in [5.41, 5.74) is 2.22. The first-order valence-electron chi connectivity index (χ1n) is 9.09. The van der Waals surface area contributed by atoms with Crippen molar-refractivity contribution in [3.05, 3.63) is 59.5 Å². The summed E-state index contributed by atoms with van der Waals surface area (Å²) in [6, 6.07) is 14.4. The smallest absolute Gasteiger partial charge is 0.257 e. The van der Waals surface area contributed by atoms with Crippen molar-refractivity contribution in [2.75, 3.05) is 17.7 Å².